The maximum absolute atomic E-state index is 12.2. The molecular formula is C18H19N7O3S2. The van der Waals surface area contributed by atoms with Crippen molar-refractivity contribution in [3.05, 3.63) is 34.4 Å². The number of nitrogen functional groups attached to an aromatic ring is 2. The number of anilines is 1. The Morgan fingerprint density at radius 3 is 2.83 bits per heavy atom. The Kier molecular flexibility index (Phi) is 5.35. The molecule has 0 spiro atoms. The van der Waals surface area contributed by atoms with E-state index in [4.69, 9.17) is 20.7 Å². The second kappa shape index (κ2) is 7.95. The van der Waals surface area contributed by atoms with Gasteiger partial charge in [0, 0.05) is 0 Å². The lowest BCUT2D eigenvalue weighted by atomic mass is 10.2. The van der Waals surface area contributed by atoms with Gasteiger partial charge >= 0.3 is 5.97 Å². The summed E-state index contributed by atoms with van der Waals surface area (Å²) in [7, 11) is 0. The van der Waals surface area contributed by atoms with E-state index < -0.39 is 0 Å². The smallest absolute Gasteiger partial charge is 0.348 e. The number of ether oxygens (including phenoxy) is 1. The molecule has 0 unspecified atom stereocenters. The van der Waals surface area contributed by atoms with Crippen LogP contribution >= 0.6 is 23.1 Å². The van der Waals surface area contributed by atoms with Crippen molar-refractivity contribution in [3.8, 4) is 11.4 Å². The summed E-state index contributed by atoms with van der Waals surface area (Å²) in [6.45, 7) is 5.71. The number of carbonyl (C=O) groups is 1. The van der Waals surface area contributed by atoms with E-state index in [1.165, 1.54) is 27.8 Å². The lowest BCUT2D eigenvalue weighted by Gasteiger charge is -2.04. The Morgan fingerprint density at radius 2 is 2.13 bits per heavy atom. The zero-order valence-electron chi connectivity index (χ0n) is 16.5. The number of thiophene rings is 1. The fourth-order valence-electron chi connectivity index (χ4n) is 2.98. The van der Waals surface area contributed by atoms with Gasteiger partial charge in [0.2, 0.25) is 5.16 Å². The van der Waals surface area contributed by atoms with Crippen LogP contribution in [0.2, 0.25) is 0 Å². The molecule has 12 heteroatoms. The number of hydrogen-bond donors (Lipinski definition) is 2. The molecule has 0 amide bonds. The van der Waals surface area contributed by atoms with Crippen LogP contribution in [-0.2, 0) is 10.5 Å². The van der Waals surface area contributed by atoms with Crippen molar-refractivity contribution < 1.29 is 13.9 Å². The zero-order chi connectivity index (χ0) is 21.4. The van der Waals surface area contributed by atoms with E-state index in [0.717, 1.165) is 11.1 Å². The first-order valence-corrected chi connectivity index (χ1v) is 10.8. The van der Waals surface area contributed by atoms with Gasteiger partial charge in [0.1, 0.15) is 27.1 Å². The maximum atomic E-state index is 12.2. The van der Waals surface area contributed by atoms with Crippen LogP contribution in [0.5, 0.6) is 0 Å². The molecule has 4 heterocycles. The van der Waals surface area contributed by atoms with Gasteiger partial charge in [0.15, 0.2) is 5.82 Å². The molecular weight excluding hydrogens is 426 g/mol. The van der Waals surface area contributed by atoms with Crippen molar-refractivity contribution >= 4 is 45.1 Å². The van der Waals surface area contributed by atoms with Crippen LogP contribution in [-0.4, -0.2) is 37.4 Å². The van der Waals surface area contributed by atoms with Gasteiger partial charge in [0.05, 0.1) is 29.6 Å². The molecule has 4 N–H and O–H groups in total. The molecule has 4 aromatic heterocycles. The number of carbonyl (C=O) groups excluding carboxylic acids is 1. The highest BCUT2D eigenvalue weighted by Gasteiger charge is 2.21. The third-order valence-electron chi connectivity index (χ3n) is 4.42. The maximum Gasteiger partial charge on any atom is 0.348 e. The average Bonchev–Trinajstić information content (AvgIpc) is 3.38. The molecule has 4 rings (SSSR count). The molecule has 10 nitrogen and oxygen atoms in total. The summed E-state index contributed by atoms with van der Waals surface area (Å²) in [5.41, 5.74) is 7.66. The van der Waals surface area contributed by atoms with Crippen molar-refractivity contribution in [1.29, 1.82) is 0 Å². The number of nitrogens with two attached hydrogens (primary N) is 2. The number of aryl methyl sites for hydroxylation is 2. The zero-order valence-corrected chi connectivity index (χ0v) is 18.1. The standard InChI is InChI=1S/C18H19N7O3S2/c1-4-27-17(26)13-8(2)12-14(19)21-11(22-16(12)30-13)7-29-18-24-23-15(25(18)20)10-5-6-28-9(10)3/h5-6H,4,7,20H2,1-3H3,(H2,19,21,22). The number of esters is 1. The molecule has 0 saturated carbocycles. The number of rotatable bonds is 6. The van der Waals surface area contributed by atoms with Crippen molar-refractivity contribution in [1.82, 2.24) is 24.8 Å². The predicted octanol–water partition coefficient (Wildman–Crippen LogP) is 2.92. The molecule has 30 heavy (non-hydrogen) atoms. The minimum atomic E-state index is -0.383. The normalized spacial score (nSPS) is 11.3. The quantitative estimate of drug-likeness (QED) is 0.258. The number of nitrogens with zero attached hydrogens (tertiary/aromatic N) is 5. The van der Waals surface area contributed by atoms with Crippen LogP contribution in [0.4, 0.5) is 5.82 Å². The lowest BCUT2D eigenvalue weighted by Crippen LogP contribution is -2.11. The van der Waals surface area contributed by atoms with Crippen LogP contribution in [0.1, 0.15) is 33.7 Å². The molecule has 0 bridgehead atoms. The summed E-state index contributed by atoms with van der Waals surface area (Å²) >= 11 is 2.58. The number of hydrogen-bond acceptors (Lipinski definition) is 11. The third-order valence-corrected chi connectivity index (χ3v) is 6.52. The van der Waals surface area contributed by atoms with E-state index in [1.807, 2.05) is 13.8 Å². The molecule has 0 radical (unpaired) electrons. The molecule has 0 aliphatic rings. The van der Waals surface area contributed by atoms with Crippen LogP contribution in [0.15, 0.2) is 21.9 Å². The number of furan rings is 1. The Hall–Kier alpha value is -3.12. The van der Waals surface area contributed by atoms with Crippen molar-refractivity contribution in [2.45, 2.75) is 31.7 Å². The summed E-state index contributed by atoms with van der Waals surface area (Å²) in [6.07, 6.45) is 1.57. The highest BCUT2D eigenvalue weighted by atomic mass is 32.2. The topological polar surface area (TPSA) is 148 Å². The first-order valence-electron chi connectivity index (χ1n) is 9.01. The minimum absolute atomic E-state index is 0.301. The second-order valence-corrected chi connectivity index (χ2v) is 8.28. The van der Waals surface area contributed by atoms with Gasteiger partial charge in [-0.3, -0.25) is 0 Å². The highest BCUT2D eigenvalue weighted by molar-refractivity contribution is 7.98. The SMILES string of the molecule is CCOC(=O)c1sc2nc(CSc3nnc(-c4ccoc4C)n3N)nc(N)c2c1C. The Morgan fingerprint density at radius 1 is 1.33 bits per heavy atom. The Bertz CT molecular complexity index is 1240. The van der Waals surface area contributed by atoms with Gasteiger partial charge < -0.3 is 20.7 Å². The van der Waals surface area contributed by atoms with Gasteiger partial charge in [-0.05, 0) is 32.4 Å². The highest BCUT2D eigenvalue weighted by Crippen LogP contribution is 2.34. The largest absolute Gasteiger partial charge is 0.469 e. The fourth-order valence-corrected chi connectivity index (χ4v) is 4.79. The molecule has 156 valence electrons. The molecule has 4 aromatic rings. The fraction of sp³-hybridized carbons (Fsp3) is 0.278. The Balaban J connectivity index is 1.59. The van der Waals surface area contributed by atoms with Gasteiger partial charge in [0.25, 0.3) is 0 Å². The van der Waals surface area contributed by atoms with Crippen LogP contribution in [0, 0.1) is 13.8 Å². The average molecular weight is 446 g/mol. The van der Waals surface area contributed by atoms with E-state index in [0.29, 0.717) is 55.8 Å². The van der Waals surface area contributed by atoms with Crippen LogP contribution < -0.4 is 11.6 Å². The van der Waals surface area contributed by atoms with Gasteiger partial charge in [-0.1, -0.05) is 11.8 Å². The summed E-state index contributed by atoms with van der Waals surface area (Å²) in [4.78, 5) is 22.2. The van der Waals surface area contributed by atoms with E-state index >= 15 is 0 Å². The number of fused-ring (bicyclic) bond motifs is 1. The molecule has 0 aliphatic heterocycles. The summed E-state index contributed by atoms with van der Waals surface area (Å²) in [5, 5.41) is 9.46. The number of thioether (sulfide) groups is 1. The summed E-state index contributed by atoms with van der Waals surface area (Å²) in [5.74, 6) is 8.19. The molecule has 0 aliphatic carbocycles. The van der Waals surface area contributed by atoms with E-state index in [9.17, 15) is 4.79 Å². The van der Waals surface area contributed by atoms with Crippen molar-refractivity contribution in [2.24, 2.45) is 0 Å². The predicted molar refractivity (Wildman–Crippen MR) is 115 cm³/mol. The monoisotopic (exact) mass is 445 g/mol. The van der Waals surface area contributed by atoms with E-state index in [1.54, 1.807) is 19.3 Å². The second-order valence-electron chi connectivity index (χ2n) is 6.34. The minimum Gasteiger partial charge on any atom is -0.469 e. The molecule has 0 fully saturated rings. The van der Waals surface area contributed by atoms with Gasteiger partial charge in [-0.2, -0.15) is 0 Å². The van der Waals surface area contributed by atoms with E-state index in [2.05, 4.69) is 20.2 Å². The lowest BCUT2D eigenvalue weighted by molar-refractivity contribution is 0.0531. The molecule has 0 atom stereocenters. The van der Waals surface area contributed by atoms with Crippen molar-refractivity contribution in [2.75, 3.05) is 18.2 Å². The molecule has 0 saturated heterocycles. The first kappa shape index (κ1) is 20.2. The number of aromatic nitrogens is 5. The first-order chi connectivity index (χ1) is 14.4. The van der Waals surface area contributed by atoms with Crippen LogP contribution in [0.25, 0.3) is 21.6 Å². The van der Waals surface area contributed by atoms with Crippen LogP contribution in [0.3, 0.4) is 0 Å². The summed E-state index contributed by atoms with van der Waals surface area (Å²) < 4.78 is 11.8. The summed E-state index contributed by atoms with van der Waals surface area (Å²) in [6, 6.07) is 1.79. The van der Waals surface area contributed by atoms with E-state index in [-0.39, 0.29) is 5.97 Å². The third kappa shape index (κ3) is 3.48. The van der Waals surface area contributed by atoms with Crippen molar-refractivity contribution in [3.63, 3.8) is 0 Å². The Labute approximate surface area is 179 Å². The molecule has 0 aromatic carbocycles. The van der Waals surface area contributed by atoms with Gasteiger partial charge in [-0.15, -0.1) is 21.5 Å². The van der Waals surface area contributed by atoms with Gasteiger partial charge in [-0.25, -0.2) is 19.4 Å².